The van der Waals surface area contributed by atoms with Crippen LogP contribution in [0.25, 0.3) is 0 Å². The Balaban J connectivity index is 3.31. The number of aliphatic imine (C=N–C) groups is 1. The predicted octanol–water partition coefficient (Wildman–Crippen LogP) is 3.49. The Morgan fingerprint density at radius 2 is 1.86 bits per heavy atom. The number of allylic oxidation sites excluding steroid dienone is 1. The number of hydrogen-bond donors (Lipinski definition) is 1. The van der Waals surface area contributed by atoms with Gasteiger partial charge in [0, 0.05) is 11.2 Å². The van der Waals surface area contributed by atoms with E-state index in [0.717, 1.165) is 6.21 Å². The van der Waals surface area contributed by atoms with Gasteiger partial charge in [-0.05, 0) is 19.1 Å². The Morgan fingerprint density at radius 3 is 2.36 bits per heavy atom. The lowest BCUT2D eigenvalue weighted by atomic mass is 10.2. The van der Waals surface area contributed by atoms with Crippen LogP contribution in [-0.4, -0.2) is 37.5 Å². The zero-order valence-corrected chi connectivity index (χ0v) is 13.5. The van der Waals surface area contributed by atoms with Crippen LogP contribution in [-0.2, 0) is 14.3 Å². The highest BCUT2D eigenvalue weighted by Crippen LogP contribution is 2.32. The number of carbonyl (C=O) groups is 2. The number of halogens is 2. The lowest BCUT2D eigenvalue weighted by Crippen LogP contribution is -2.08. The van der Waals surface area contributed by atoms with Crippen molar-refractivity contribution in [2.24, 2.45) is 4.99 Å². The third-order valence-corrected chi connectivity index (χ3v) is 3.17. The lowest BCUT2D eigenvalue weighted by molar-refractivity contribution is -0.135. The molecule has 1 N–H and O–H groups in total. The van der Waals surface area contributed by atoms with Gasteiger partial charge in [0.05, 0.1) is 30.5 Å². The van der Waals surface area contributed by atoms with Crippen LogP contribution in [0.4, 0.5) is 5.69 Å². The van der Waals surface area contributed by atoms with Crippen molar-refractivity contribution in [1.82, 2.24) is 0 Å². The summed E-state index contributed by atoms with van der Waals surface area (Å²) in [6.07, 6.45) is 1.07. The van der Waals surface area contributed by atoms with Crippen LogP contribution in [0.2, 0.25) is 10.0 Å². The summed E-state index contributed by atoms with van der Waals surface area (Å²) in [5.74, 6) is -1.72. The molecule has 0 radical (unpaired) electrons. The van der Waals surface area contributed by atoms with E-state index >= 15 is 0 Å². The molecule has 6 nitrogen and oxygen atoms in total. The van der Waals surface area contributed by atoms with Gasteiger partial charge in [-0.3, -0.25) is 4.99 Å². The number of benzene rings is 1. The van der Waals surface area contributed by atoms with E-state index in [9.17, 15) is 14.7 Å². The molecule has 0 unspecified atom stereocenters. The largest absolute Gasteiger partial charge is 0.512 e. The Bertz CT molecular complexity index is 663. The molecular weight excluding hydrogens is 333 g/mol. The Kier molecular flexibility index (Phi) is 6.39. The first-order valence-electron chi connectivity index (χ1n) is 5.91. The number of aliphatic hydroxyl groups is 1. The Labute approximate surface area is 137 Å². The fourth-order valence-corrected chi connectivity index (χ4v) is 1.91. The first kappa shape index (κ1) is 18.0. The first-order valence-corrected chi connectivity index (χ1v) is 6.67. The molecule has 1 aromatic carbocycles. The van der Waals surface area contributed by atoms with Crippen molar-refractivity contribution in [3.8, 4) is 0 Å². The van der Waals surface area contributed by atoms with Crippen molar-refractivity contribution in [1.29, 1.82) is 0 Å². The number of esters is 2. The number of aliphatic hydroxyl groups excluding tert-OH is 1. The van der Waals surface area contributed by atoms with E-state index in [1.54, 1.807) is 0 Å². The van der Waals surface area contributed by atoms with Crippen molar-refractivity contribution in [2.75, 3.05) is 14.2 Å². The molecule has 118 valence electrons. The molecule has 0 heterocycles. The first-order chi connectivity index (χ1) is 10.3. The van der Waals surface area contributed by atoms with E-state index in [2.05, 4.69) is 14.5 Å². The fourth-order valence-electron chi connectivity index (χ4n) is 1.47. The summed E-state index contributed by atoms with van der Waals surface area (Å²) < 4.78 is 9.10. The molecule has 0 aromatic heterocycles. The molecular formula is C14H13Cl2NO5. The summed E-state index contributed by atoms with van der Waals surface area (Å²) in [5.41, 5.74) is 0.0171. The molecule has 0 fully saturated rings. The van der Waals surface area contributed by atoms with Gasteiger partial charge in [0.2, 0.25) is 0 Å². The van der Waals surface area contributed by atoms with Crippen molar-refractivity contribution >= 4 is 47.0 Å². The zero-order valence-electron chi connectivity index (χ0n) is 12.0. The van der Waals surface area contributed by atoms with Gasteiger partial charge in [0.25, 0.3) is 0 Å². The summed E-state index contributed by atoms with van der Waals surface area (Å²) in [5, 5.41) is 9.67. The van der Waals surface area contributed by atoms with Gasteiger partial charge in [-0.15, -0.1) is 0 Å². The van der Waals surface area contributed by atoms with Crippen LogP contribution in [0.1, 0.15) is 17.3 Å². The zero-order chi connectivity index (χ0) is 16.9. The monoisotopic (exact) mass is 345 g/mol. The number of ether oxygens (including phenoxy) is 2. The highest BCUT2D eigenvalue weighted by molar-refractivity contribution is 6.38. The van der Waals surface area contributed by atoms with E-state index in [1.165, 1.54) is 33.3 Å². The van der Waals surface area contributed by atoms with Crippen molar-refractivity contribution in [2.45, 2.75) is 6.92 Å². The Hall–Kier alpha value is -2.05. The molecule has 0 atom stereocenters. The van der Waals surface area contributed by atoms with E-state index in [1.807, 2.05) is 0 Å². The summed E-state index contributed by atoms with van der Waals surface area (Å²) in [7, 11) is 2.37. The molecule has 0 aliphatic carbocycles. The maximum Gasteiger partial charge on any atom is 0.342 e. The van der Waals surface area contributed by atoms with Crippen molar-refractivity contribution in [3.63, 3.8) is 0 Å². The summed E-state index contributed by atoms with van der Waals surface area (Å²) in [4.78, 5) is 27.0. The van der Waals surface area contributed by atoms with E-state index in [-0.39, 0.29) is 32.6 Å². The fraction of sp³-hybridized carbons (Fsp3) is 0.214. The number of methoxy groups -OCH3 is 2. The second-order valence-corrected chi connectivity index (χ2v) is 4.84. The van der Waals surface area contributed by atoms with E-state index < -0.39 is 11.9 Å². The van der Waals surface area contributed by atoms with Crippen molar-refractivity contribution < 1.29 is 24.2 Å². The average Bonchev–Trinajstić information content (AvgIpc) is 2.48. The molecule has 1 rings (SSSR count). The van der Waals surface area contributed by atoms with Crippen LogP contribution < -0.4 is 0 Å². The second kappa shape index (κ2) is 7.82. The molecule has 22 heavy (non-hydrogen) atoms. The number of nitrogens with zero attached hydrogens (tertiary/aromatic N) is 1. The minimum Gasteiger partial charge on any atom is -0.512 e. The number of carbonyl (C=O) groups excluding carboxylic acids is 2. The summed E-state index contributed by atoms with van der Waals surface area (Å²) in [6, 6.07) is 2.73. The smallest absolute Gasteiger partial charge is 0.342 e. The molecule has 0 bridgehead atoms. The van der Waals surface area contributed by atoms with E-state index in [0.29, 0.717) is 0 Å². The molecule has 0 saturated carbocycles. The molecule has 0 aliphatic heterocycles. The minimum absolute atomic E-state index is 0.00677. The maximum absolute atomic E-state index is 11.6. The number of hydrogen-bond acceptors (Lipinski definition) is 6. The highest BCUT2D eigenvalue weighted by Gasteiger charge is 2.16. The second-order valence-electron chi connectivity index (χ2n) is 4.03. The SMILES string of the molecule is COC(=O)C(C=Nc1cc(Cl)cc(C(=O)OC)c1Cl)=C(C)O. The van der Waals surface area contributed by atoms with Crippen LogP contribution in [0.3, 0.4) is 0 Å². The normalized spacial score (nSPS) is 12.0. The Morgan fingerprint density at radius 1 is 1.23 bits per heavy atom. The topological polar surface area (TPSA) is 85.2 Å². The van der Waals surface area contributed by atoms with Crippen LogP contribution in [0.15, 0.2) is 28.5 Å². The lowest BCUT2D eigenvalue weighted by Gasteiger charge is -2.06. The molecule has 0 spiro atoms. The van der Waals surface area contributed by atoms with Crippen LogP contribution in [0, 0.1) is 0 Å². The summed E-state index contributed by atoms with van der Waals surface area (Å²) in [6.45, 7) is 1.30. The molecule has 0 aliphatic rings. The predicted molar refractivity (Wildman–Crippen MR) is 83.3 cm³/mol. The maximum atomic E-state index is 11.6. The van der Waals surface area contributed by atoms with Gasteiger partial charge in [-0.25, -0.2) is 9.59 Å². The highest BCUT2D eigenvalue weighted by atomic mass is 35.5. The standard InChI is InChI=1S/C14H13Cl2NO5/c1-7(18)10(14(20)22-3)6-17-11-5-8(15)4-9(12(11)16)13(19)21-2/h4-6,18H,1-3H3. The van der Waals surface area contributed by atoms with Crippen LogP contribution in [0.5, 0.6) is 0 Å². The average molecular weight is 346 g/mol. The molecule has 8 heteroatoms. The van der Waals surface area contributed by atoms with Gasteiger partial charge >= 0.3 is 11.9 Å². The van der Waals surface area contributed by atoms with Gasteiger partial charge < -0.3 is 14.6 Å². The third-order valence-electron chi connectivity index (χ3n) is 2.55. The minimum atomic E-state index is -0.768. The summed E-state index contributed by atoms with van der Waals surface area (Å²) >= 11 is 12.0. The van der Waals surface area contributed by atoms with Crippen molar-refractivity contribution in [3.05, 3.63) is 39.1 Å². The van der Waals surface area contributed by atoms with Crippen LogP contribution >= 0.6 is 23.2 Å². The van der Waals surface area contributed by atoms with E-state index in [4.69, 9.17) is 23.2 Å². The van der Waals surface area contributed by atoms with Gasteiger partial charge in [-0.2, -0.15) is 0 Å². The molecule has 1 aromatic rings. The van der Waals surface area contributed by atoms with Gasteiger partial charge in [0.1, 0.15) is 11.3 Å². The quantitative estimate of drug-likeness (QED) is 0.390. The molecule has 0 amide bonds. The molecule has 0 saturated heterocycles. The van der Waals surface area contributed by atoms with Gasteiger partial charge in [-0.1, -0.05) is 23.2 Å². The third kappa shape index (κ3) is 4.22. The number of rotatable bonds is 4. The van der Waals surface area contributed by atoms with Gasteiger partial charge in [0.15, 0.2) is 0 Å².